The highest BCUT2D eigenvalue weighted by molar-refractivity contribution is 7.99. The van der Waals surface area contributed by atoms with E-state index in [-0.39, 0.29) is 6.10 Å². The number of rotatable bonds is 4. The third kappa shape index (κ3) is 3.34. The van der Waals surface area contributed by atoms with Crippen LogP contribution in [0.2, 0.25) is 0 Å². The van der Waals surface area contributed by atoms with E-state index < -0.39 is 12.1 Å². The van der Waals surface area contributed by atoms with E-state index in [1.807, 2.05) is 6.07 Å². The van der Waals surface area contributed by atoms with Gasteiger partial charge in [-0.15, -0.1) is 11.8 Å². The Hall–Kier alpha value is -1.27. The van der Waals surface area contributed by atoms with E-state index in [0.717, 1.165) is 17.1 Å². The van der Waals surface area contributed by atoms with Gasteiger partial charge in [-0.25, -0.2) is 9.78 Å². The van der Waals surface area contributed by atoms with Gasteiger partial charge in [0.05, 0.1) is 6.10 Å². The summed E-state index contributed by atoms with van der Waals surface area (Å²) < 4.78 is 5.40. The summed E-state index contributed by atoms with van der Waals surface area (Å²) in [5.41, 5.74) is 5.49. The summed E-state index contributed by atoms with van der Waals surface area (Å²) in [5.74, 6) is 0.374. The first-order valence-electron chi connectivity index (χ1n) is 5.38. The predicted molar refractivity (Wildman–Crippen MR) is 64.9 cm³/mol. The Morgan fingerprint density at radius 3 is 3.00 bits per heavy atom. The molecule has 2 rings (SSSR count). The van der Waals surface area contributed by atoms with Crippen molar-refractivity contribution in [3.05, 3.63) is 18.3 Å². The zero-order chi connectivity index (χ0) is 12.3. The van der Waals surface area contributed by atoms with Crippen LogP contribution >= 0.6 is 11.8 Å². The van der Waals surface area contributed by atoms with E-state index in [2.05, 4.69) is 4.98 Å². The van der Waals surface area contributed by atoms with Crippen LogP contribution in [0.25, 0.3) is 0 Å². The molecule has 6 heteroatoms. The van der Waals surface area contributed by atoms with Crippen molar-refractivity contribution in [2.24, 2.45) is 0 Å². The molecule has 0 spiro atoms. The SMILES string of the molecule is Nc1ccc(SCC2CCC(C(=O)O)O2)cn1. The molecule has 0 aliphatic carbocycles. The second kappa shape index (κ2) is 5.37. The quantitative estimate of drug-likeness (QED) is 0.790. The van der Waals surface area contributed by atoms with Gasteiger partial charge < -0.3 is 15.6 Å². The van der Waals surface area contributed by atoms with Crippen LogP contribution in [0.15, 0.2) is 23.2 Å². The second-order valence-corrected chi connectivity index (χ2v) is 4.99. The maximum absolute atomic E-state index is 10.7. The first-order valence-corrected chi connectivity index (χ1v) is 6.36. The summed E-state index contributed by atoms with van der Waals surface area (Å²) in [4.78, 5) is 15.7. The average Bonchev–Trinajstić information content (AvgIpc) is 2.77. The van der Waals surface area contributed by atoms with Crippen molar-refractivity contribution in [2.75, 3.05) is 11.5 Å². The number of carboxylic acids is 1. The van der Waals surface area contributed by atoms with E-state index in [1.165, 1.54) is 0 Å². The normalized spacial score (nSPS) is 23.8. The molecule has 1 aliphatic rings. The van der Waals surface area contributed by atoms with Crippen LogP contribution in [0.1, 0.15) is 12.8 Å². The van der Waals surface area contributed by atoms with Gasteiger partial charge in [-0.3, -0.25) is 0 Å². The van der Waals surface area contributed by atoms with E-state index in [1.54, 1.807) is 24.0 Å². The topological polar surface area (TPSA) is 85.4 Å². The number of pyridine rings is 1. The molecule has 1 aromatic rings. The standard InChI is InChI=1S/C11H14N2O3S/c12-10-4-2-8(5-13-10)17-6-7-1-3-9(16-7)11(14)15/h2,4-5,7,9H,1,3,6H2,(H2,12,13)(H,14,15). The summed E-state index contributed by atoms with van der Waals surface area (Å²) in [7, 11) is 0. The Morgan fingerprint density at radius 1 is 1.59 bits per heavy atom. The number of aliphatic carboxylic acids is 1. The number of thioether (sulfide) groups is 1. The van der Waals surface area contributed by atoms with Crippen LogP contribution in [0.5, 0.6) is 0 Å². The lowest BCUT2D eigenvalue weighted by atomic mass is 10.2. The number of anilines is 1. The molecule has 0 radical (unpaired) electrons. The van der Waals surface area contributed by atoms with E-state index >= 15 is 0 Å². The number of aromatic nitrogens is 1. The zero-order valence-electron chi connectivity index (χ0n) is 9.20. The molecule has 1 aromatic heterocycles. The molecule has 2 atom stereocenters. The van der Waals surface area contributed by atoms with E-state index in [9.17, 15) is 4.79 Å². The van der Waals surface area contributed by atoms with E-state index in [4.69, 9.17) is 15.6 Å². The Morgan fingerprint density at radius 2 is 2.41 bits per heavy atom. The van der Waals surface area contributed by atoms with Crippen molar-refractivity contribution in [1.29, 1.82) is 0 Å². The molecular weight excluding hydrogens is 240 g/mol. The second-order valence-electron chi connectivity index (χ2n) is 3.89. The lowest BCUT2D eigenvalue weighted by Gasteiger charge is -2.10. The first-order chi connectivity index (χ1) is 8.15. The van der Waals surface area contributed by atoms with Crippen molar-refractivity contribution in [3.8, 4) is 0 Å². The Kier molecular flexibility index (Phi) is 3.86. The van der Waals surface area contributed by atoms with Crippen molar-refractivity contribution < 1.29 is 14.6 Å². The number of carbonyl (C=O) groups is 1. The van der Waals surface area contributed by atoms with Gasteiger partial charge in [-0.1, -0.05) is 0 Å². The van der Waals surface area contributed by atoms with Crippen molar-refractivity contribution in [3.63, 3.8) is 0 Å². The molecular formula is C11H14N2O3S. The molecule has 2 unspecified atom stereocenters. The number of hydrogen-bond acceptors (Lipinski definition) is 5. The summed E-state index contributed by atoms with van der Waals surface area (Å²) in [5, 5.41) is 8.79. The van der Waals surface area contributed by atoms with Crippen LogP contribution in [0.3, 0.4) is 0 Å². The molecule has 92 valence electrons. The van der Waals surface area contributed by atoms with Gasteiger partial charge in [0.15, 0.2) is 6.10 Å². The van der Waals surface area contributed by atoms with Crippen LogP contribution in [-0.4, -0.2) is 34.0 Å². The zero-order valence-corrected chi connectivity index (χ0v) is 10.0. The Balaban J connectivity index is 1.80. The molecule has 2 heterocycles. The molecule has 1 fully saturated rings. The van der Waals surface area contributed by atoms with Crippen molar-refractivity contribution in [2.45, 2.75) is 29.9 Å². The molecule has 5 nitrogen and oxygen atoms in total. The van der Waals surface area contributed by atoms with Gasteiger partial charge in [0.1, 0.15) is 5.82 Å². The van der Waals surface area contributed by atoms with Gasteiger partial charge in [0.2, 0.25) is 0 Å². The summed E-state index contributed by atoms with van der Waals surface area (Å²) >= 11 is 1.60. The van der Waals surface area contributed by atoms with Gasteiger partial charge >= 0.3 is 5.97 Å². The molecule has 1 aliphatic heterocycles. The van der Waals surface area contributed by atoms with Crippen LogP contribution in [0, 0.1) is 0 Å². The third-order valence-corrected chi connectivity index (χ3v) is 3.69. The van der Waals surface area contributed by atoms with Crippen LogP contribution in [0.4, 0.5) is 5.82 Å². The predicted octanol–water partition coefficient (Wildman–Crippen LogP) is 1.39. The monoisotopic (exact) mass is 254 g/mol. The average molecular weight is 254 g/mol. The molecule has 0 bridgehead atoms. The molecule has 0 aromatic carbocycles. The van der Waals surface area contributed by atoms with Gasteiger partial charge in [-0.05, 0) is 25.0 Å². The third-order valence-electron chi connectivity index (χ3n) is 2.58. The molecule has 0 amide bonds. The number of carboxylic acid groups (broad SMARTS) is 1. The molecule has 17 heavy (non-hydrogen) atoms. The van der Waals surface area contributed by atoms with Gasteiger partial charge in [0, 0.05) is 16.8 Å². The maximum atomic E-state index is 10.7. The molecule has 1 saturated heterocycles. The highest BCUT2D eigenvalue weighted by Crippen LogP contribution is 2.26. The summed E-state index contributed by atoms with van der Waals surface area (Å²) in [6.45, 7) is 0. The fourth-order valence-corrected chi connectivity index (χ4v) is 2.59. The minimum absolute atomic E-state index is 0.0126. The fourth-order valence-electron chi connectivity index (χ4n) is 1.68. The number of nitrogens with two attached hydrogens (primary N) is 1. The summed E-state index contributed by atoms with van der Waals surface area (Å²) in [6, 6.07) is 3.65. The largest absolute Gasteiger partial charge is 0.479 e. The van der Waals surface area contributed by atoms with Crippen molar-refractivity contribution >= 4 is 23.5 Å². The summed E-state index contributed by atoms with van der Waals surface area (Å²) in [6.07, 6.45) is 2.49. The Bertz CT molecular complexity index is 396. The minimum Gasteiger partial charge on any atom is -0.479 e. The van der Waals surface area contributed by atoms with Crippen molar-refractivity contribution in [1.82, 2.24) is 4.98 Å². The fraction of sp³-hybridized carbons (Fsp3) is 0.455. The lowest BCUT2D eigenvalue weighted by Crippen LogP contribution is -2.21. The Labute approximate surface area is 103 Å². The highest BCUT2D eigenvalue weighted by atomic mass is 32.2. The van der Waals surface area contributed by atoms with Crippen LogP contribution in [-0.2, 0) is 9.53 Å². The van der Waals surface area contributed by atoms with Gasteiger partial charge in [-0.2, -0.15) is 0 Å². The molecule has 3 N–H and O–H groups in total. The number of ether oxygens (including phenoxy) is 1. The smallest absolute Gasteiger partial charge is 0.332 e. The van der Waals surface area contributed by atoms with Crippen LogP contribution < -0.4 is 5.73 Å². The number of nitrogen functional groups attached to an aromatic ring is 1. The number of nitrogens with zero attached hydrogens (tertiary/aromatic N) is 1. The lowest BCUT2D eigenvalue weighted by molar-refractivity contribution is -0.148. The first kappa shape index (κ1) is 12.2. The number of hydrogen-bond donors (Lipinski definition) is 2. The van der Waals surface area contributed by atoms with Gasteiger partial charge in [0.25, 0.3) is 0 Å². The highest BCUT2D eigenvalue weighted by Gasteiger charge is 2.30. The van der Waals surface area contributed by atoms with E-state index in [0.29, 0.717) is 12.2 Å². The maximum Gasteiger partial charge on any atom is 0.332 e. The molecule has 0 saturated carbocycles. The minimum atomic E-state index is -0.869.